The summed E-state index contributed by atoms with van der Waals surface area (Å²) >= 11 is 0. The van der Waals surface area contributed by atoms with Crippen molar-refractivity contribution in [3.8, 4) is 11.5 Å². The second-order valence-corrected chi connectivity index (χ2v) is 8.68. The van der Waals surface area contributed by atoms with Gasteiger partial charge in [-0.05, 0) is 54.3 Å². The highest BCUT2D eigenvalue weighted by Gasteiger charge is 2.23. The molecule has 1 amide bonds. The van der Waals surface area contributed by atoms with Gasteiger partial charge in [-0.15, -0.1) is 0 Å². The maximum Gasteiger partial charge on any atom is 0.242 e. The summed E-state index contributed by atoms with van der Waals surface area (Å²) in [6, 6.07) is 10.4. The van der Waals surface area contributed by atoms with Gasteiger partial charge in [0.1, 0.15) is 0 Å². The molecule has 0 aliphatic carbocycles. The van der Waals surface area contributed by atoms with Crippen LogP contribution in [0.25, 0.3) is 0 Å². The Morgan fingerprint density at radius 2 is 1.79 bits per heavy atom. The van der Waals surface area contributed by atoms with Crippen LogP contribution in [0.1, 0.15) is 17.5 Å². The van der Waals surface area contributed by atoms with Crippen LogP contribution in [0.4, 0.5) is 5.69 Å². The summed E-state index contributed by atoms with van der Waals surface area (Å²) in [4.78, 5) is 11.7. The lowest BCUT2D eigenvalue weighted by Gasteiger charge is -2.21. The normalized spacial score (nSPS) is 13.8. The van der Waals surface area contributed by atoms with Crippen LogP contribution < -0.4 is 14.8 Å². The number of carbonyl (C=O) groups is 1. The molecule has 8 heteroatoms. The molecule has 0 spiro atoms. The SMILES string of the molecule is COc1ccc(CCN(C)S(=O)(=O)c2ccc3c(c2)CCC(=O)N3)cc1OC. The number of sulfonamides is 1. The van der Waals surface area contributed by atoms with Crippen LogP contribution in [-0.2, 0) is 27.7 Å². The number of ether oxygens (including phenoxy) is 2. The number of hydrogen-bond donors (Lipinski definition) is 1. The van der Waals surface area contributed by atoms with Gasteiger partial charge in [0.25, 0.3) is 0 Å². The molecule has 3 rings (SSSR count). The minimum atomic E-state index is -3.62. The fourth-order valence-electron chi connectivity index (χ4n) is 3.14. The number of aryl methyl sites for hydroxylation is 1. The van der Waals surface area contributed by atoms with Crippen LogP contribution in [0.15, 0.2) is 41.3 Å². The number of likely N-dealkylation sites (N-methyl/N-ethyl adjacent to an activating group) is 1. The molecule has 1 aliphatic heterocycles. The standard InChI is InChI=1S/C20H24N2O5S/c1-22(11-10-14-4-8-18(26-2)19(12-14)27-3)28(24,25)16-6-7-17-15(13-16)5-9-20(23)21-17/h4,6-8,12-13H,5,9-11H2,1-3H3,(H,21,23). The molecule has 2 aromatic carbocycles. The molecule has 0 bridgehead atoms. The van der Waals surface area contributed by atoms with E-state index in [0.717, 1.165) is 11.1 Å². The van der Waals surface area contributed by atoms with Crippen LogP contribution in [0.2, 0.25) is 0 Å². The predicted octanol–water partition coefficient (Wildman–Crippen LogP) is 2.45. The number of carbonyl (C=O) groups excluding carboxylic acids is 1. The number of fused-ring (bicyclic) bond motifs is 1. The van der Waals surface area contributed by atoms with Gasteiger partial charge in [0.05, 0.1) is 19.1 Å². The van der Waals surface area contributed by atoms with Gasteiger partial charge in [-0.3, -0.25) is 4.79 Å². The number of benzene rings is 2. The summed E-state index contributed by atoms with van der Waals surface area (Å²) in [6.07, 6.45) is 1.45. The van der Waals surface area contributed by atoms with Gasteiger partial charge in [0.2, 0.25) is 15.9 Å². The second kappa shape index (κ2) is 8.20. The highest BCUT2D eigenvalue weighted by molar-refractivity contribution is 7.89. The minimum absolute atomic E-state index is 0.0462. The molecular weight excluding hydrogens is 380 g/mol. The fraction of sp³-hybridized carbons (Fsp3) is 0.350. The van der Waals surface area contributed by atoms with Gasteiger partial charge >= 0.3 is 0 Å². The Hall–Kier alpha value is -2.58. The van der Waals surface area contributed by atoms with Gasteiger partial charge in [-0.2, -0.15) is 0 Å². The molecule has 0 unspecified atom stereocenters. The van der Waals surface area contributed by atoms with Gasteiger partial charge in [0.15, 0.2) is 11.5 Å². The summed E-state index contributed by atoms with van der Waals surface area (Å²) < 4.78 is 37.7. The first kappa shape index (κ1) is 20.2. The third kappa shape index (κ3) is 4.13. The third-order valence-corrected chi connectivity index (χ3v) is 6.70. The van der Waals surface area contributed by atoms with Crippen molar-refractivity contribution in [3.05, 3.63) is 47.5 Å². The molecule has 0 atom stereocenters. The lowest BCUT2D eigenvalue weighted by Crippen LogP contribution is -2.29. The van der Waals surface area contributed by atoms with E-state index in [1.54, 1.807) is 39.5 Å². The van der Waals surface area contributed by atoms with E-state index in [1.807, 2.05) is 12.1 Å². The van der Waals surface area contributed by atoms with Crippen molar-refractivity contribution in [2.24, 2.45) is 0 Å². The molecule has 0 saturated carbocycles. The van der Waals surface area contributed by atoms with Gasteiger partial charge in [-0.1, -0.05) is 6.07 Å². The van der Waals surface area contributed by atoms with E-state index in [1.165, 1.54) is 10.4 Å². The third-order valence-electron chi connectivity index (χ3n) is 4.84. The number of hydrogen-bond acceptors (Lipinski definition) is 5. The van der Waals surface area contributed by atoms with E-state index >= 15 is 0 Å². The van der Waals surface area contributed by atoms with E-state index in [-0.39, 0.29) is 10.8 Å². The maximum atomic E-state index is 12.9. The van der Waals surface area contributed by atoms with Crippen LogP contribution in [-0.4, -0.2) is 46.4 Å². The quantitative estimate of drug-likeness (QED) is 0.766. The zero-order valence-corrected chi connectivity index (χ0v) is 17.0. The first-order valence-electron chi connectivity index (χ1n) is 8.95. The number of amides is 1. The Balaban J connectivity index is 1.73. The average molecular weight is 404 g/mol. The molecule has 28 heavy (non-hydrogen) atoms. The van der Waals surface area contributed by atoms with E-state index in [0.29, 0.717) is 43.0 Å². The summed E-state index contributed by atoms with van der Waals surface area (Å²) in [5, 5.41) is 2.77. The van der Waals surface area contributed by atoms with E-state index in [2.05, 4.69) is 5.32 Å². The Morgan fingerprint density at radius 3 is 2.50 bits per heavy atom. The highest BCUT2D eigenvalue weighted by Crippen LogP contribution is 2.29. The van der Waals surface area contributed by atoms with Crippen molar-refractivity contribution in [1.82, 2.24) is 4.31 Å². The first-order valence-corrected chi connectivity index (χ1v) is 10.4. The maximum absolute atomic E-state index is 12.9. The van der Waals surface area contributed by atoms with Crippen molar-refractivity contribution in [1.29, 1.82) is 0 Å². The van der Waals surface area contributed by atoms with Gasteiger partial charge < -0.3 is 14.8 Å². The smallest absolute Gasteiger partial charge is 0.242 e. The number of nitrogens with one attached hydrogen (secondary N) is 1. The molecule has 0 fully saturated rings. The lowest BCUT2D eigenvalue weighted by molar-refractivity contribution is -0.116. The molecular formula is C20H24N2O5S. The van der Waals surface area contributed by atoms with Gasteiger partial charge in [-0.25, -0.2) is 12.7 Å². The minimum Gasteiger partial charge on any atom is -0.493 e. The van der Waals surface area contributed by atoms with Crippen molar-refractivity contribution in [3.63, 3.8) is 0 Å². The molecule has 0 saturated heterocycles. The molecule has 0 radical (unpaired) electrons. The summed E-state index contributed by atoms with van der Waals surface area (Å²) in [6.45, 7) is 0.325. The molecule has 1 heterocycles. The molecule has 1 aliphatic rings. The molecule has 1 N–H and O–H groups in total. The lowest BCUT2D eigenvalue weighted by atomic mass is 10.0. The molecule has 0 aromatic heterocycles. The van der Waals surface area contributed by atoms with Crippen LogP contribution in [0.5, 0.6) is 11.5 Å². The topological polar surface area (TPSA) is 84.9 Å². The monoisotopic (exact) mass is 404 g/mol. The highest BCUT2D eigenvalue weighted by atomic mass is 32.2. The Kier molecular flexibility index (Phi) is 5.90. The number of anilines is 1. The van der Waals surface area contributed by atoms with Crippen LogP contribution in [0.3, 0.4) is 0 Å². The van der Waals surface area contributed by atoms with Crippen LogP contribution >= 0.6 is 0 Å². The van der Waals surface area contributed by atoms with Crippen molar-refractivity contribution < 1.29 is 22.7 Å². The molecule has 2 aromatic rings. The van der Waals surface area contributed by atoms with Crippen molar-refractivity contribution >= 4 is 21.6 Å². The van der Waals surface area contributed by atoms with Crippen molar-refractivity contribution in [2.45, 2.75) is 24.2 Å². The number of nitrogens with zero attached hydrogens (tertiary/aromatic N) is 1. The summed E-state index contributed by atoms with van der Waals surface area (Å²) in [5.74, 6) is 1.20. The molecule has 7 nitrogen and oxygen atoms in total. The Morgan fingerprint density at radius 1 is 1.04 bits per heavy atom. The van der Waals surface area contributed by atoms with E-state index in [9.17, 15) is 13.2 Å². The average Bonchev–Trinajstić information content (AvgIpc) is 2.71. The number of rotatable bonds is 7. The number of methoxy groups -OCH3 is 2. The largest absolute Gasteiger partial charge is 0.493 e. The van der Waals surface area contributed by atoms with Crippen LogP contribution in [0, 0.1) is 0 Å². The van der Waals surface area contributed by atoms with Crippen molar-refractivity contribution in [2.75, 3.05) is 33.1 Å². The second-order valence-electron chi connectivity index (χ2n) is 6.63. The fourth-order valence-corrected chi connectivity index (χ4v) is 4.37. The Labute approximate surface area is 165 Å². The summed E-state index contributed by atoms with van der Waals surface area (Å²) in [7, 11) is 1.08. The van der Waals surface area contributed by atoms with E-state index in [4.69, 9.17) is 9.47 Å². The first-order chi connectivity index (χ1) is 13.3. The van der Waals surface area contributed by atoms with Gasteiger partial charge in [0, 0.05) is 25.7 Å². The predicted molar refractivity (Wildman–Crippen MR) is 106 cm³/mol. The zero-order chi connectivity index (χ0) is 20.3. The zero-order valence-electron chi connectivity index (χ0n) is 16.2. The van der Waals surface area contributed by atoms with E-state index < -0.39 is 10.0 Å². The Bertz CT molecular complexity index is 988. The molecule has 150 valence electrons. The summed E-state index contributed by atoms with van der Waals surface area (Å²) in [5.41, 5.74) is 2.48.